The van der Waals surface area contributed by atoms with Gasteiger partial charge in [-0.2, -0.15) is 0 Å². The van der Waals surface area contributed by atoms with Crippen LogP contribution in [0.5, 0.6) is 0 Å². The molecule has 1 heterocycles. The van der Waals surface area contributed by atoms with Crippen LogP contribution >= 0.6 is 0 Å². The molecule has 3 aromatic rings. The Bertz CT molecular complexity index is 1090. The molecule has 0 unspecified atom stereocenters. The molecule has 0 fully saturated rings. The van der Waals surface area contributed by atoms with Crippen molar-refractivity contribution >= 4 is 17.1 Å². The van der Waals surface area contributed by atoms with Gasteiger partial charge in [0.2, 0.25) is 0 Å². The second-order valence-corrected chi connectivity index (χ2v) is 9.35. The van der Waals surface area contributed by atoms with Gasteiger partial charge in [-0.25, -0.2) is 9.59 Å². The minimum Gasteiger partial charge on any atom is -0.465 e. The predicted molar refractivity (Wildman–Crippen MR) is 120 cm³/mol. The number of carbonyl (C=O) groups is 1. The molecule has 0 atom stereocenters. The Balaban J connectivity index is 1.96. The fourth-order valence-corrected chi connectivity index (χ4v) is 4.36. The molecular formula is C24H31N3O3. The van der Waals surface area contributed by atoms with E-state index in [-0.39, 0.29) is 5.69 Å². The molecule has 0 aliphatic rings. The van der Waals surface area contributed by atoms with Gasteiger partial charge in [-0.15, -0.1) is 0 Å². The van der Waals surface area contributed by atoms with Crippen LogP contribution in [0.3, 0.4) is 0 Å². The summed E-state index contributed by atoms with van der Waals surface area (Å²) in [6.45, 7) is 10.4. The van der Waals surface area contributed by atoms with Gasteiger partial charge >= 0.3 is 11.8 Å². The summed E-state index contributed by atoms with van der Waals surface area (Å²) < 4.78 is 3.55. The summed E-state index contributed by atoms with van der Waals surface area (Å²) in [5, 5.41) is 9.79. The first-order valence-electron chi connectivity index (χ1n) is 10.3. The van der Waals surface area contributed by atoms with Crippen molar-refractivity contribution in [2.75, 3.05) is 0 Å². The third-order valence-electron chi connectivity index (χ3n) is 5.52. The maximum atomic E-state index is 13.3. The van der Waals surface area contributed by atoms with Gasteiger partial charge in [0.15, 0.2) is 0 Å². The van der Waals surface area contributed by atoms with E-state index in [0.717, 1.165) is 16.6 Å². The lowest BCUT2D eigenvalue weighted by atomic mass is 9.92. The number of hydrogen-bond acceptors (Lipinski definition) is 2. The molecule has 0 spiro atoms. The van der Waals surface area contributed by atoms with E-state index in [1.807, 2.05) is 89.2 Å². The number of amides is 1. The van der Waals surface area contributed by atoms with Crippen molar-refractivity contribution in [1.29, 1.82) is 0 Å². The van der Waals surface area contributed by atoms with Gasteiger partial charge in [-0.1, -0.05) is 42.5 Å². The Morgan fingerprint density at radius 1 is 0.900 bits per heavy atom. The second kappa shape index (κ2) is 8.01. The highest BCUT2D eigenvalue weighted by molar-refractivity contribution is 5.76. The van der Waals surface area contributed by atoms with Crippen molar-refractivity contribution in [3.63, 3.8) is 0 Å². The summed E-state index contributed by atoms with van der Waals surface area (Å²) in [6, 6.07) is 17.7. The average Bonchev–Trinajstić information content (AvgIpc) is 2.91. The van der Waals surface area contributed by atoms with Crippen molar-refractivity contribution in [2.24, 2.45) is 0 Å². The van der Waals surface area contributed by atoms with E-state index < -0.39 is 17.2 Å². The molecule has 160 valence electrons. The molecule has 6 nitrogen and oxygen atoms in total. The van der Waals surface area contributed by atoms with Crippen molar-refractivity contribution in [2.45, 2.75) is 65.2 Å². The zero-order valence-corrected chi connectivity index (χ0v) is 18.4. The summed E-state index contributed by atoms with van der Waals surface area (Å²) in [7, 11) is 0. The maximum absolute atomic E-state index is 13.3. The van der Waals surface area contributed by atoms with Crippen LogP contribution in [0.25, 0.3) is 11.0 Å². The van der Waals surface area contributed by atoms with Crippen molar-refractivity contribution < 1.29 is 9.90 Å². The first kappa shape index (κ1) is 21.7. The number of nitrogens with zero attached hydrogens (tertiary/aromatic N) is 3. The monoisotopic (exact) mass is 409 g/mol. The van der Waals surface area contributed by atoms with Gasteiger partial charge in [-0.05, 0) is 58.7 Å². The molecule has 3 rings (SSSR count). The number of para-hydroxylation sites is 2. The molecular weight excluding hydrogens is 378 g/mol. The molecule has 1 aromatic heterocycles. The Morgan fingerprint density at radius 3 is 1.97 bits per heavy atom. The Hall–Kier alpha value is -3.02. The molecule has 2 aromatic carbocycles. The number of hydrogen-bond donors (Lipinski definition) is 1. The molecule has 0 aliphatic heterocycles. The highest BCUT2D eigenvalue weighted by Crippen LogP contribution is 2.29. The van der Waals surface area contributed by atoms with E-state index >= 15 is 0 Å². The van der Waals surface area contributed by atoms with Crippen LogP contribution in [0.15, 0.2) is 59.4 Å². The fourth-order valence-electron chi connectivity index (χ4n) is 4.36. The van der Waals surface area contributed by atoms with Crippen molar-refractivity contribution in [3.8, 4) is 0 Å². The normalized spacial score (nSPS) is 12.3. The van der Waals surface area contributed by atoms with Gasteiger partial charge in [0.05, 0.1) is 17.6 Å². The van der Waals surface area contributed by atoms with Crippen molar-refractivity contribution in [3.05, 3.63) is 70.6 Å². The largest absolute Gasteiger partial charge is 0.465 e. The summed E-state index contributed by atoms with van der Waals surface area (Å²) >= 11 is 0. The SMILES string of the molecule is CC(C)(C)N(C(=O)O)C(C)(C)CCn1c(=O)n(Cc2ccccc2)c2ccccc21. The number of aromatic nitrogens is 2. The van der Waals surface area contributed by atoms with E-state index in [1.165, 1.54) is 4.90 Å². The van der Waals surface area contributed by atoms with Crippen LogP contribution in [-0.4, -0.2) is 36.3 Å². The van der Waals surface area contributed by atoms with Gasteiger partial charge in [0.1, 0.15) is 0 Å². The number of benzene rings is 2. The minimum absolute atomic E-state index is 0.0755. The number of rotatable bonds is 6. The first-order chi connectivity index (χ1) is 14.0. The van der Waals surface area contributed by atoms with E-state index in [1.54, 1.807) is 9.13 Å². The van der Waals surface area contributed by atoms with Crippen LogP contribution in [0, 0.1) is 0 Å². The Labute approximate surface area is 177 Å². The van der Waals surface area contributed by atoms with Crippen LogP contribution in [-0.2, 0) is 13.1 Å². The zero-order chi connectivity index (χ0) is 22.1. The molecule has 30 heavy (non-hydrogen) atoms. The Morgan fingerprint density at radius 2 is 1.43 bits per heavy atom. The van der Waals surface area contributed by atoms with Crippen LogP contribution in [0.4, 0.5) is 4.79 Å². The number of aryl methyl sites for hydroxylation is 1. The molecule has 6 heteroatoms. The highest BCUT2D eigenvalue weighted by atomic mass is 16.4. The lowest BCUT2D eigenvalue weighted by Gasteiger charge is -2.45. The van der Waals surface area contributed by atoms with E-state index in [9.17, 15) is 14.7 Å². The maximum Gasteiger partial charge on any atom is 0.408 e. The van der Waals surface area contributed by atoms with Crippen LogP contribution in [0.1, 0.15) is 46.6 Å². The summed E-state index contributed by atoms with van der Waals surface area (Å²) in [6.07, 6.45) is -0.429. The lowest BCUT2D eigenvalue weighted by molar-refractivity contribution is 0.0271. The molecule has 0 aliphatic carbocycles. The highest BCUT2D eigenvalue weighted by Gasteiger charge is 2.38. The first-order valence-corrected chi connectivity index (χ1v) is 10.3. The van der Waals surface area contributed by atoms with Gasteiger partial charge < -0.3 is 5.11 Å². The number of imidazole rings is 1. The van der Waals surface area contributed by atoms with Crippen molar-refractivity contribution in [1.82, 2.24) is 14.0 Å². The number of carboxylic acid groups (broad SMARTS) is 1. The van der Waals surface area contributed by atoms with Crippen LogP contribution in [0.2, 0.25) is 0 Å². The second-order valence-electron chi connectivity index (χ2n) is 9.35. The third-order valence-corrected chi connectivity index (χ3v) is 5.52. The summed E-state index contributed by atoms with van der Waals surface area (Å²) in [5.41, 5.74) is 1.57. The fraction of sp³-hybridized carbons (Fsp3) is 0.417. The summed E-state index contributed by atoms with van der Waals surface area (Å²) in [4.78, 5) is 26.7. The van der Waals surface area contributed by atoms with Gasteiger partial charge in [-0.3, -0.25) is 14.0 Å². The third kappa shape index (κ3) is 4.27. The molecule has 0 saturated heterocycles. The van der Waals surface area contributed by atoms with E-state index in [0.29, 0.717) is 19.5 Å². The average molecular weight is 410 g/mol. The van der Waals surface area contributed by atoms with Crippen LogP contribution < -0.4 is 5.69 Å². The number of fused-ring (bicyclic) bond motifs is 1. The standard InChI is InChI=1S/C24H31N3O3/c1-23(2,3)27(22(29)30)24(4,5)15-16-25-19-13-9-10-14-20(19)26(21(25)28)17-18-11-7-6-8-12-18/h6-14H,15-17H2,1-5H3,(H,29,30). The topological polar surface area (TPSA) is 67.5 Å². The van der Waals surface area contributed by atoms with Gasteiger partial charge in [0, 0.05) is 17.6 Å². The quantitative estimate of drug-likeness (QED) is 0.636. The van der Waals surface area contributed by atoms with E-state index in [4.69, 9.17) is 0 Å². The summed E-state index contributed by atoms with van der Waals surface area (Å²) in [5.74, 6) is 0. The van der Waals surface area contributed by atoms with Gasteiger partial charge in [0.25, 0.3) is 0 Å². The lowest BCUT2D eigenvalue weighted by Crippen LogP contribution is -2.57. The molecule has 0 radical (unpaired) electrons. The van der Waals surface area contributed by atoms with E-state index in [2.05, 4.69) is 0 Å². The molecule has 1 amide bonds. The molecule has 0 saturated carbocycles. The molecule has 1 N–H and O–H groups in total. The smallest absolute Gasteiger partial charge is 0.408 e. The minimum atomic E-state index is -0.952. The Kier molecular flexibility index (Phi) is 5.79. The predicted octanol–water partition coefficient (Wildman–Crippen LogP) is 4.80. The molecule has 0 bridgehead atoms. The zero-order valence-electron chi connectivity index (χ0n) is 18.4.